The summed E-state index contributed by atoms with van der Waals surface area (Å²) in [5.74, 6) is -1.47. The van der Waals surface area contributed by atoms with E-state index in [0.29, 0.717) is 16.9 Å². The van der Waals surface area contributed by atoms with Gasteiger partial charge in [0.25, 0.3) is 0 Å². The average Bonchev–Trinajstić information content (AvgIpc) is 2.87. The zero-order valence-corrected chi connectivity index (χ0v) is 20.6. The number of hydrogen-bond acceptors (Lipinski definition) is 0. The molecule has 0 aliphatic heterocycles. The summed E-state index contributed by atoms with van der Waals surface area (Å²) in [6.45, 7) is -1.72. The third-order valence-electron chi connectivity index (χ3n) is 7.11. The normalized spacial score (nSPS) is 14.0. The predicted octanol–water partition coefficient (Wildman–Crippen LogP) is 7.92. The van der Waals surface area contributed by atoms with E-state index in [2.05, 4.69) is 6.30 Å². The standard InChI is InChI=1S/C31H20F5P/c1-18-6-13-24(32)27(16-18)37(2,28-17-22(31(34,35)36)11-14-25(28)33)26-15-10-21-8-7-19-4-3-5-20-9-12-23(26)30(21)29(19)20/h3-17H,2H2,1H3. The number of benzene rings is 6. The van der Waals surface area contributed by atoms with Crippen LogP contribution in [0.2, 0.25) is 0 Å². The molecule has 0 fully saturated rings. The van der Waals surface area contributed by atoms with Crippen LogP contribution >= 0.6 is 6.89 Å². The van der Waals surface area contributed by atoms with E-state index in [1.807, 2.05) is 48.5 Å². The molecule has 0 radical (unpaired) electrons. The summed E-state index contributed by atoms with van der Waals surface area (Å²) in [5, 5.41) is 5.98. The Morgan fingerprint density at radius 1 is 0.622 bits per heavy atom. The summed E-state index contributed by atoms with van der Waals surface area (Å²) in [5.41, 5.74) is -0.294. The van der Waals surface area contributed by atoms with Crippen molar-refractivity contribution in [2.24, 2.45) is 0 Å². The third-order valence-corrected chi connectivity index (χ3v) is 10.7. The molecule has 0 N–H and O–H groups in total. The molecule has 1 atom stereocenters. The summed E-state index contributed by atoms with van der Waals surface area (Å²) >= 11 is 0. The van der Waals surface area contributed by atoms with E-state index in [-0.39, 0.29) is 10.6 Å². The van der Waals surface area contributed by atoms with E-state index >= 15 is 8.78 Å². The Hall–Kier alpha value is -3.69. The van der Waals surface area contributed by atoms with Gasteiger partial charge in [0.05, 0.1) is 5.56 Å². The van der Waals surface area contributed by atoms with Gasteiger partial charge in [0.2, 0.25) is 0 Å². The lowest BCUT2D eigenvalue weighted by Crippen LogP contribution is -2.31. The van der Waals surface area contributed by atoms with Gasteiger partial charge in [-0.3, -0.25) is 0 Å². The molecule has 184 valence electrons. The SMILES string of the molecule is C=P(c1cc(C)ccc1F)(c1cc(C(F)(F)F)ccc1F)c1ccc2ccc3cccc4ccc1c2c34. The predicted molar refractivity (Wildman–Crippen MR) is 146 cm³/mol. The molecule has 6 aromatic rings. The summed E-state index contributed by atoms with van der Waals surface area (Å²) in [4.78, 5) is 0. The van der Waals surface area contributed by atoms with Crippen molar-refractivity contribution in [1.29, 1.82) is 0 Å². The van der Waals surface area contributed by atoms with Gasteiger partial charge in [0.15, 0.2) is 0 Å². The van der Waals surface area contributed by atoms with Crippen LogP contribution in [0.4, 0.5) is 22.0 Å². The Morgan fingerprint density at radius 2 is 1.19 bits per heavy atom. The number of hydrogen-bond donors (Lipinski definition) is 0. The maximum Gasteiger partial charge on any atom is 0.416 e. The fourth-order valence-electron chi connectivity index (χ4n) is 5.34. The van der Waals surface area contributed by atoms with Crippen LogP contribution in [-0.2, 0) is 6.18 Å². The molecule has 6 rings (SSSR count). The van der Waals surface area contributed by atoms with Crippen LogP contribution < -0.4 is 15.9 Å². The Labute approximate surface area is 210 Å². The van der Waals surface area contributed by atoms with Gasteiger partial charge in [-0.25, -0.2) is 8.78 Å². The second-order valence-electron chi connectivity index (χ2n) is 9.37. The maximum absolute atomic E-state index is 15.6. The number of halogens is 5. The molecule has 0 nitrogen and oxygen atoms in total. The first kappa shape index (κ1) is 23.7. The van der Waals surface area contributed by atoms with E-state index in [1.165, 1.54) is 6.07 Å². The summed E-state index contributed by atoms with van der Waals surface area (Å²) in [6.07, 6.45) is -0.281. The fourth-order valence-corrected chi connectivity index (χ4v) is 8.71. The molecule has 6 heteroatoms. The fraction of sp³-hybridized carbons (Fsp3) is 0.0645. The second kappa shape index (κ2) is 8.16. The minimum Gasteiger partial charge on any atom is -0.206 e. The first-order chi connectivity index (χ1) is 17.6. The molecule has 0 aromatic heterocycles. The first-order valence-corrected chi connectivity index (χ1v) is 13.6. The van der Waals surface area contributed by atoms with Crippen LogP contribution in [0.5, 0.6) is 0 Å². The van der Waals surface area contributed by atoms with Crippen LogP contribution in [0.1, 0.15) is 11.1 Å². The topological polar surface area (TPSA) is 0 Å². The minimum absolute atomic E-state index is 0.112. The molecular weight excluding hydrogens is 498 g/mol. The van der Waals surface area contributed by atoms with Gasteiger partial charge in [0.1, 0.15) is 11.6 Å². The molecular formula is C31H20F5P. The van der Waals surface area contributed by atoms with Gasteiger partial charge in [-0.05, 0) is 81.8 Å². The summed E-state index contributed by atoms with van der Waals surface area (Å²) < 4.78 is 72.4. The van der Waals surface area contributed by atoms with Crippen molar-refractivity contribution in [3.05, 3.63) is 114 Å². The van der Waals surface area contributed by atoms with Gasteiger partial charge in [0, 0.05) is 10.6 Å². The Bertz CT molecular complexity index is 1870. The average molecular weight is 518 g/mol. The molecule has 0 saturated carbocycles. The molecule has 0 heterocycles. The van der Waals surface area contributed by atoms with Gasteiger partial charge in [-0.15, -0.1) is 0 Å². The minimum atomic E-state index is -4.69. The Kier molecular flexibility index (Phi) is 5.22. The van der Waals surface area contributed by atoms with Crippen LogP contribution in [0.25, 0.3) is 32.3 Å². The van der Waals surface area contributed by atoms with E-state index in [4.69, 9.17) is 0 Å². The highest BCUT2D eigenvalue weighted by Crippen LogP contribution is 2.48. The summed E-state index contributed by atoms with van der Waals surface area (Å²) in [6, 6.07) is 24.1. The van der Waals surface area contributed by atoms with Crippen LogP contribution in [0, 0.1) is 18.6 Å². The number of aryl methyl sites for hydroxylation is 1. The van der Waals surface area contributed by atoms with Crippen LogP contribution in [0.3, 0.4) is 0 Å². The zero-order valence-electron chi connectivity index (χ0n) is 19.7. The molecule has 0 aliphatic rings. The smallest absolute Gasteiger partial charge is 0.206 e. The molecule has 0 amide bonds. The van der Waals surface area contributed by atoms with Crippen LogP contribution in [-0.4, -0.2) is 6.30 Å². The lowest BCUT2D eigenvalue weighted by molar-refractivity contribution is -0.137. The third kappa shape index (κ3) is 3.56. The molecule has 0 spiro atoms. The molecule has 0 aliphatic carbocycles. The monoisotopic (exact) mass is 518 g/mol. The van der Waals surface area contributed by atoms with Crippen molar-refractivity contribution in [1.82, 2.24) is 0 Å². The van der Waals surface area contributed by atoms with Crippen molar-refractivity contribution in [2.75, 3.05) is 0 Å². The van der Waals surface area contributed by atoms with Crippen molar-refractivity contribution >= 4 is 61.4 Å². The lowest BCUT2D eigenvalue weighted by Gasteiger charge is -2.30. The van der Waals surface area contributed by atoms with Crippen molar-refractivity contribution < 1.29 is 22.0 Å². The maximum atomic E-state index is 15.6. The highest BCUT2D eigenvalue weighted by Gasteiger charge is 2.35. The van der Waals surface area contributed by atoms with E-state index in [1.54, 1.807) is 25.1 Å². The van der Waals surface area contributed by atoms with E-state index < -0.39 is 30.3 Å². The Balaban J connectivity index is 1.80. The van der Waals surface area contributed by atoms with Crippen molar-refractivity contribution in [3.8, 4) is 0 Å². The van der Waals surface area contributed by atoms with Gasteiger partial charge < -0.3 is 0 Å². The molecule has 0 saturated heterocycles. The van der Waals surface area contributed by atoms with Crippen molar-refractivity contribution in [3.63, 3.8) is 0 Å². The molecule has 0 bridgehead atoms. The second-order valence-corrected chi connectivity index (χ2v) is 12.4. The highest BCUT2D eigenvalue weighted by atomic mass is 31.2. The zero-order chi connectivity index (χ0) is 26.1. The largest absolute Gasteiger partial charge is 0.416 e. The molecule has 37 heavy (non-hydrogen) atoms. The first-order valence-electron chi connectivity index (χ1n) is 11.6. The lowest BCUT2D eigenvalue weighted by atomic mass is 9.94. The Morgan fingerprint density at radius 3 is 1.86 bits per heavy atom. The molecule has 6 aromatic carbocycles. The van der Waals surface area contributed by atoms with E-state index in [0.717, 1.165) is 44.5 Å². The van der Waals surface area contributed by atoms with Gasteiger partial charge in [-0.2, -0.15) is 13.2 Å². The summed E-state index contributed by atoms with van der Waals surface area (Å²) in [7, 11) is 0. The van der Waals surface area contributed by atoms with Gasteiger partial charge >= 0.3 is 6.18 Å². The number of rotatable bonds is 3. The van der Waals surface area contributed by atoms with E-state index in [9.17, 15) is 13.2 Å². The van der Waals surface area contributed by atoms with Crippen molar-refractivity contribution in [2.45, 2.75) is 13.1 Å². The highest BCUT2D eigenvalue weighted by molar-refractivity contribution is 7.93. The van der Waals surface area contributed by atoms with Crippen LogP contribution in [0.15, 0.2) is 91.0 Å². The number of alkyl halides is 3. The molecule has 1 unspecified atom stereocenters. The quantitative estimate of drug-likeness (QED) is 0.127. The van der Waals surface area contributed by atoms with Gasteiger partial charge in [-0.1, -0.05) is 72.5 Å².